The van der Waals surface area contributed by atoms with Gasteiger partial charge in [-0.25, -0.2) is 4.98 Å². The fourth-order valence-corrected chi connectivity index (χ4v) is 2.62. The van der Waals surface area contributed by atoms with Gasteiger partial charge in [-0.1, -0.05) is 12.1 Å². The maximum absolute atomic E-state index is 11.6. The molecular weight excluding hydrogens is 316 g/mol. The third-order valence-electron chi connectivity index (χ3n) is 2.84. The number of amides is 1. The van der Waals surface area contributed by atoms with Crippen LogP contribution in [0.2, 0.25) is 0 Å². The van der Waals surface area contributed by atoms with Crippen molar-refractivity contribution in [3.63, 3.8) is 0 Å². The van der Waals surface area contributed by atoms with E-state index in [4.69, 9.17) is 9.84 Å². The highest BCUT2D eigenvalue weighted by molar-refractivity contribution is 7.14. The second kappa shape index (κ2) is 7.73. The molecule has 0 saturated carbocycles. The zero-order chi connectivity index (χ0) is 16.8. The molecule has 6 nitrogen and oxygen atoms in total. The molecule has 0 fully saturated rings. The lowest BCUT2D eigenvalue weighted by atomic mass is 10.1. The summed E-state index contributed by atoms with van der Waals surface area (Å²) in [6.45, 7) is 3.90. The van der Waals surface area contributed by atoms with Gasteiger partial charge in [-0.3, -0.25) is 9.59 Å². The topological polar surface area (TPSA) is 88.5 Å². The maximum Gasteiger partial charge on any atom is 0.303 e. The Hall–Kier alpha value is -2.41. The van der Waals surface area contributed by atoms with Gasteiger partial charge in [0.15, 0.2) is 5.13 Å². The van der Waals surface area contributed by atoms with E-state index >= 15 is 0 Å². The van der Waals surface area contributed by atoms with Gasteiger partial charge < -0.3 is 15.2 Å². The molecule has 0 spiro atoms. The molecule has 2 rings (SSSR count). The van der Waals surface area contributed by atoms with Crippen LogP contribution in [0, 0.1) is 0 Å². The minimum Gasteiger partial charge on any atom is -0.490 e. The average Bonchev–Trinajstić information content (AvgIpc) is 2.93. The molecule has 0 saturated heterocycles. The van der Waals surface area contributed by atoms with Crippen molar-refractivity contribution in [1.29, 1.82) is 0 Å². The van der Waals surface area contributed by atoms with Crippen LogP contribution in [0.1, 0.15) is 26.7 Å². The summed E-state index contributed by atoms with van der Waals surface area (Å²) < 4.78 is 5.77. The predicted molar refractivity (Wildman–Crippen MR) is 88.8 cm³/mol. The van der Waals surface area contributed by atoms with Gasteiger partial charge in [0.2, 0.25) is 5.91 Å². The fourth-order valence-electron chi connectivity index (χ4n) is 1.89. The van der Waals surface area contributed by atoms with E-state index in [1.165, 1.54) is 11.3 Å². The number of para-hydroxylation sites is 1. The summed E-state index contributed by atoms with van der Waals surface area (Å²) in [4.78, 5) is 26.5. The molecule has 0 bridgehead atoms. The molecule has 1 aromatic heterocycles. The Kier molecular flexibility index (Phi) is 5.70. The van der Waals surface area contributed by atoms with Crippen LogP contribution in [-0.2, 0) is 9.59 Å². The molecule has 2 N–H and O–H groups in total. The average molecular weight is 334 g/mol. The highest BCUT2D eigenvalue weighted by Crippen LogP contribution is 2.32. The SMILES string of the molecule is CC(C)Oc1ccccc1-c1csc(NC(=O)CCC(=O)O)n1. The summed E-state index contributed by atoms with van der Waals surface area (Å²) in [6.07, 6.45) is -0.225. The molecule has 0 unspecified atom stereocenters. The highest BCUT2D eigenvalue weighted by Gasteiger charge is 2.13. The van der Waals surface area contributed by atoms with Gasteiger partial charge in [0.25, 0.3) is 0 Å². The van der Waals surface area contributed by atoms with Gasteiger partial charge in [0.1, 0.15) is 5.75 Å². The molecule has 1 aromatic carbocycles. The zero-order valence-corrected chi connectivity index (χ0v) is 13.7. The Morgan fingerprint density at radius 3 is 2.74 bits per heavy atom. The van der Waals surface area contributed by atoms with Crippen molar-refractivity contribution in [2.75, 3.05) is 5.32 Å². The van der Waals surface area contributed by atoms with Crippen LogP contribution in [0.5, 0.6) is 5.75 Å². The minimum absolute atomic E-state index is 0.0463. The normalized spacial score (nSPS) is 10.6. The Morgan fingerprint density at radius 1 is 1.30 bits per heavy atom. The Labute approximate surface area is 138 Å². The number of ether oxygens (including phenoxy) is 1. The second-order valence-corrected chi connectivity index (χ2v) is 6.00. The summed E-state index contributed by atoms with van der Waals surface area (Å²) in [6, 6.07) is 7.57. The molecule has 0 aliphatic carbocycles. The van der Waals surface area contributed by atoms with E-state index in [-0.39, 0.29) is 24.9 Å². The van der Waals surface area contributed by atoms with Gasteiger partial charge in [-0.15, -0.1) is 11.3 Å². The Balaban J connectivity index is 2.10. The van der Waals surface area contributed by atoms with Gasteiger partial charge in [-0.2, -0.15) is 0 Å². The molecule has 2 aromatic rings. The molecule has 23 heavy (non-hydrogen) atoms. The van der Waals surface area contributed by atoms with E-state index < -0.39 is 5.97 Å². The standard InChI is InChI=1S/C16H18N2O4S/c1-10(2)22-13-6-4-3-5-11(13)12-9-23-16(17-12)18-14(19)7-8-15(20)21/h3-6,9-10H,7-8H2,1-2H3,(H,20,21)(H,17,18,19). The number of carboxylic acid groups (broad SMARTS) is 1. The van der Waals surface area contributed by atoms with E-state index in [0.717, 1.165) is 11.3 Å². The minimum atomic E-state index is -1.00. The van der Waals surface area contributed by atoms with Gasteiger partial charge in [0.05, 0.1) is 18.2 Å². The number of carbonyl (C=O) groups excluding carboxylic acids is 1. The number of hydrogen-bond acceptors (Lipinski definition) is 5. The number of nitrogens with one attached hydrogen (secondary N) is 1. The van der Waals surface area contributed by atoms with Crippen LogP contribution >= 0.6 is 11.3 Å². The Bertz CT molecular complexity index is 697. The first kappa shape index (κ1) is 17.0. The lowest BCUT2D eigenvalue weighted by Gasteiger charge is -2.12. The first-order chi connectivity index (χ1) is 11.0. The number of benzene rings is 1. The first-order valence-electron chi connectivity index (χ1n) is 7.19. The molecule has 0 radical (unpaired) electrons. The Morgan fingerprint density at radius 2 is 2.04 bits per heavy atom. The van der Waals surface area contributed by atoms with Crippen LogP contribution in [0.15, 0.2) is 29.6 Å². The second-order valence-electron chi connectivity index (χ2n) is 5.14. The van der Waals surface area contributed by atoms with Gasteiger partial charge in [0, 0.05) is 17.4 Å². The lowest BCUT2D eigenvalue weighted by molar-refractivity contribution is -0.138. The number of rotatable bonds is 7. The summed E-state index contributed by atoms with van der Waals surface area (Å²) >= 11 is 1.29. The largest absolute Gasteiger partial charge is 0.490 e. The van der Waals surface area contributed by atoms with Crippen molar-refractivity contribution in [2.45, 2.75) is 32.8 Å². The number of anilines is 1. The molecule has 1 heterocycles. The van der Waals surface area contributed by atoms with Gasteiger partial charge >= 0.3 is 5.97 Å². The molecule has 0 atom stereocenters. The third-order valence-corrected chi connectivity index (χ3v) is 3.60. The van der Waals surface area contributed by atoms with Crippen LogP contribution < -0.4 is 10.1 Å². The van der Waals surface area contributed by atoms with E-state index in [1.54, 1.807) is 0 Å². The molecular formula is C16H18N2O4S. The number of aromatic nitrogens is 1. The van der Waals surface area contributed by atoms with Gasteiger partial charge in [-0.05, 0) is 26.0 Å². The van der Waals surface area contributed by atoms with Crippen molar-refractivity contribution in [2.24, 2.45) is 0 Å². The molecule has 1 amide bonds. The summed E-state index contributed by atoms with van der Waals surface area (Å²) in [5.41, 5.74) is 1.56. The number of carbonyl (C=O) groups is 2. The quantitative estimate of drug-likeness (QED) is 0.810. The smallest absolute Gasteiger partial charge is 0.303 e. The van der Waals surface area contributed by atoms with Crippen molar-refractivity contribution in [3.8, 4) is 17.0 Å². The highest BCUT2D eigenvalue weighted by atomic mass is 32.1. The summed E-state index contributed by atoms with van der Waals surface area (Å²) in [7, 11) is 0. The van der Waals surface area contributed by atoms with Crippen LogP contribution in [0.25, 0.3) is 11.3 Å². The van der Waals surface area contributed by atoms with Crippen molar-refractivity contribution in [1.82, 2.24) is 4.98 Å². The number of hydrogen-bond donors (Lipinski definition) is 2. The van der Waals surface area contributed by atoms with Crippen LogP contribution in [-0.4, -0.2) is 28.1 Å². The number of aliphatic carboxylic acids is 1. The monoisotopic (exact) mass is 334 g/mol. The fraction of sp³-hybridized carbons (Fsp3) is 0.312. The molecule has 0 aliphatic heterocycles. The third kappa shape index (κ3) is 5.07. The van der Waals surface area contributed by atoms with Crippen molar-refractivity contribution >= 4 is 28.3 Å². The van der Waals surface area contributed by atoms with Crippen molar-refractivity contribution in [3.05, 3.63) is 29.6 Å². The summed E-state index contributed by atoms with van der Waals surface area (Å²) in [5.74, 6) is -0.628. The number of thiazole rings is 1. The summed E-state index contributed by atoms with van der Waals surface area (Å²) in [5, 5.41) is 13.5. The van der Waals surface area contributed by atoms with Crippen LogP contribution in [0.4, 0.5) is 5.13 Å². The molecule has 7 heteroatoms. The van der Waals surface area contributed by atoms with Crippen molar-refractivity contribution < 1.29 is 19.4 Å². The van der Waals surface area contributed by atoms with E-state index in [9.17, 15) is 9.59 Å². The van der Waals surface area contributed by atoms with E-state index in [0.29, 0.717) is 10.8 Å². The lowest BCUT2D eigenvalue weighted by Crippen LogP contribution is -2.12. The van der Waals surface area contributed by atoms with E-state index in [2.05, 4.69) is 10.3 Å². The zero-order valence-electron chi connectivity index (χ0n) is 12.9. The number of nitrogens with zero attached hydrogens (tertiary/aromatic N) is 1. The first-order valence-corrected chi connectivity index (χ1v) is 8.07. The molecule has 122 valence electrons. The maximum atomic E-state index is 11.6. The van der Waals surface area contributed by atoms with E-state index in [1.807, 2.05) is 43.5 Å². The number of carboxylic acids is 1. The predicted octanol–water partition coefficient (Wildman–Crippen LogP) is 3.40. The molecule has 0 aliphatic rings. The van der Waals surface area contributed by atoms with Crippen LogP contribution in [0.3, 0.4) is 0 Å².